The summed E-state index contributed by atoms with van der Waals surface area (Å²) in [5.74, 6) is 0. The Bertz CT molecular complexity index is 523. The standard InChI is InChI=1S/C13H20N2O2S2/c1-12(2)5-6-14-7-9-15(10-8-14)19(16,17)13-4-3-11-18-13/h3-5,11H,6-10H2,1-2H3. The molecule has 0 spiro atoms. The van der Waals surface area contributed by atoms with Gasteiger partial charge in [-0.05, 0) is 25.3 Å². The zero-order valence-corrected chi connectivity index (χ0v) is 13.0. The fourth-order valence-corrected chi connectivity index (χ4v) is 4.57. The predicted molar refractivity (Wildman–Crippen MR) is 78.9 cm³/mol. The maximum absolute atomic E-state index is 12.3. The van der Waals surface area contributed by atoms with Crippen molar-refractivity contribution in [3.8, 4) is 0 Å². The maximum Gasteiger partial charge on any atom is 0.252 e. The second-order valence-electron chi connectivity index (χ2n) is 4.92. The molecule has 0 unspecified atom stereocenters. The third-order valence-electron chi connectivity index (χ3n) is 3.18. The van der Waals surface area contributed by atoms with Gasteiger partial charge in [-0.25, -0.2) is 8.42 Å². The van der Waals surface area contributed by atoms with Crippen molar-refractivity contribution < 1.29 is 8.42 Å². The van der Waals surface area contributed by atoms with E-state index in [1.807, 2.05) is 0 Å². The molecule has 2 rings (SSSR count). The Morgan fingerprint density at radius 1 is 1.32 bits per heavy atom. The Morgan fingerprint density at radius 3 is 2.53 bits per heavy atom. The summed E-state index contributed by atoms with van der Waals surface area (Å²) < 4.78 is 26.7. The van der Waals surface area contributed by atoms with Crippen molar-refractivity contribution >= 4 is 21.4 Å². The van der Waals surface area contributed by atoms with Crippen LogP contribution in [-0.2, 0) is 10.0 Å². The van der Waals surface area contributed by atoms with Gasteiger partial charge in [-0.2, -0.15) is 4.31 Å². The molecular weight excluding hydrogens is 280 g/mol. The van der Waals surface area contributed by atoms with Crippen LogP contribution in [0.3, 0.4) is 0 Å². The average Bonchev–Trinajstić information content (AvgIpc) is 2.91. The summed E-state index contributed by atoms with van der Waals surface area (Å²) in [4.78, 5) is 2.29. The molecular formula is C13H20N2O2S2. The van der Waals surface area contributed by atoms with Crippen LogP contribution in [0.4, 0.5) is 0 Å². The highest BCUT2D eigenvalue weighted by molar-refractivity contribution is 7.91. The number of hydrogen-bond donors (Lipinski definition) is 0. The molecule has 1 aromatic rings. The van der Waals surface area contributed by atoms with Gasteiger partial charge < -0.3 is 0 Å². The van der Waals surface area contributed by atoms with Crippen LogP contribution in [0.1, 0.15) is 13.8 Å². The third-order valence-corrected chi connectivity index (χ3v) is 6.45. The molecule has 4 nitrogen and oxygen atoms in total. The van der Waals surface area contributed by atoms with E-state index in [0.717, 1.165) is 19.6 Å². The van der Waals surface area contributed by atoms with Crippen LogP contribution in [0.15, 0.2) is 33.4 Å². The summed E-state index contributed by atoms with van der Waals surface area (Å²) in [7, 11) is -3.26. The van der Waals surface area contributed by atoms with E-state index < -0.39 is 10.0 Å². The van der Waals surface area contributed by atoms with E-state index in [4.69, 9.17) is 0 Å². The monoisotopic (exact) mass is 300 g/mol. The second kappa shape index (κ2) is 6.17. The van der Waals surface area contributed by atoms with Gasteiger partial charge >= 0.3 is 0 Å². The van der Waals surface area contributed by atoms with Gasteiger partial charge in [-0.1, -0.05) is 17.7 Å². The van der Waals surface area contributed by atoms with Crippen LogP contribution in [0, 0.1) is 0 Å². The molecule has 0 radical (unpaired) electrons. The molecule has 0 aliphatic carbocycles. The van der Waals surface area contributed by atoms with Gasteiger partial charge in [0.05, 0.1) is 0 Å². The first-order valence-corrected chi connectivity index (χ1v) is 8.71. The molecule has 0 N–H and O–H groups in total. The van der Waals surface area contributed by atoms with Gasteiger partial charge in [-0.3, -0.25) is 4.90 Å². The largest absolute Gasteiger partial charge is 0.297 e. The van der Waals surface area contributed by atoms with Crippen LogP contribution >= 0.6 is 11.3 Å². The molecule has 0 amide bonds. The van der Waals surface area contributed by atoms with Gasteiger partial charge in [0.15, 0.2) is 0 Å². The summed E-state index contributed by atoms with van der Waals surface area (Å²) >= 11 is 1.29. The highest BCUT2D eigenvalue weighted by atomic mass is 32.2. The van der Waals surface area contributed by atoms with Gasteiger partial charge in [-0.15, -0.1) is 11.3 Å². The Kier molecular flexibility index (Phi) is 4.78. The highest BCUT2D eigenvalue weighted by Gasteiger charge is 2.28. The number of nitrogens with zero attached hydrogens (tertiary/aromatic N) is 2. The van der Waals surface area contributed by atoms with E-state index in [1.54, 1.807) is 21.8 Å². The topological polar surface area (TPSA) is 40.6 Å². The number of thiophene rings is 1. The minimum Gasteiger partial charge on any atom is -0.297 e. The summed E-state index contributed by atoms with van der Waals surface area (Å²) in [6.07, 6.45) is 2.18. The van der Waals surface area contributed by atoms with Crippen molar-refractivity contribution in [2.45, 2.75) is 18.1 Å². The first-order chi connectivity index (χ1) is 9.00. The van der Waals surface area contributed by atoms with Crippen molar-refractivity contribution in [2.75, 3.05) is 32.7 Å². The molecule has 1 aliphatic rings. The molecule has 0 saturated carbocycles. The zero-order valence-electron chi connectivity index (χ0n) is 11.4. The van der Waals surface area contributed by atoms with Gasteiger partial charge in [0.25, 0.3) is 10.0 Å². The summed E-state index contributed by atoms with van der Waals surface area (Å²) in [6, 6.07) is 3.46. The Morgan fingerprint density at radius 2 is 2.00 bits per heavy atom. The first kappa shape index (κ1) is 14.7. The summed E-state index contributed by atoms with van der Waals surface area (Å²) in [5, 5.41) is 1.80. The van der Waals surface area contributed by atoms with Crippen LogP contribution in [0.5, 0.6) is 0 Å². The van der Waals surface area contributed by atoms with E-state index in [2.05, 4.69) is 24.8 Å². The van der Waals surface area contributed by atoms with E-state index in [9.17, 15) is 8.42 Å². The number of rotatable bonds is 4. The fraction of sp³-hybridized carbons (Fsp3) is 0.538. The minimum absolute atomic E-state index is 0.449. The lowest BCUT2D eigenvalue weighted by Gasteiger charge is -2.33. The zero-order chi connectivity index (χ0) is 13.9. The molecule has 19 heavy (non-hydrogen) atoms. The van der Waals surface area contributed by atoms with Crippen molar-refractivity contribution in [2.24, 2.45) is 0 Å². The molecule has 2 heterocycles. The third kappa shape index (κ3) is 3.66. The molecule has 6 heteroatoms. The Hall–Kier alpha value is -0.690. The fourth-order valence-electron chi connectivity index (χ4n) is 2.00. The molecule has 0 bridgehead atoms. The lowest BCUT2D eigenvalue weighted by molar-refractivity contribution is 0.204. The van der Waals surface area contributed by atoms with Crippen LogP contribution in [-0.4, -0.2) is 50.3 Å². The predicted octanol–water partition coefficient (Wildman–Crippen LogP) is 2.02. The Labute approximate surface area is 119 Å². The highest BCUT2D eigenvalue weighted by Crippen LogP contribution is 2.21. The summed E-state index contributed by atoms with van der Waals surface area (Å²) in [6.45, 7) is 7.83. The molecule has 1 fully saturated rings. The molecule has 0 aromatic carbocycles. The number of piperazine rings is 1. The van der Waals surface area contributed by atoms with Crippen LogP contribution in [0.25, 0.3) is 0 Å². The van der Waals surface area contributed by atoms with Crippen molar-refractivity contribution in [3.05, 3.63) is 29.2 Å². The lowest BCUT2D eigenvalue weighted by Crippen LogP contribution is -2.48. The normalized spacial score (nSPS) is 18.4. The second-order valence-corrected chi connectivity index (χ2v) is 8.03. The number of sulfonamides is 1. The van der Waals surface area contributed by atoms with Crippen LogP contribution in [0.2, 0.25) is 0 Å². The first-order valence-electron chi connectivity index (χ1n) is 6.39. The smallest absolute Gasteiger partial charge is 0.252 e. The molecule has 1 aliphatic heterocycles. The van der Waals surface area contributed by atoms with Gasteiger partial charge in [0.1, 0.15) is 4.21 Å². The van der Waals surface area contributed by atoms with Gasteiger partial charge in [0.2, 0.25) is 0 Å². The van der Waals surface area contributed by atoms with Crippen LogP contribution < -0.4 is 0 Å². The SMILES string of the molecule is CC(C)=CCN1CCN(S(=O)(=O)c2cccs2)CC1. The Balaban J connectivity index is 1.95. The molecule has 106 valence electrons. The van der Waals surface area contributed by atoms with E-state index >= 15 is 0 Å². The van der Waals surface area contributed by atoms with E-state index in [0.29, 0.717) is 17.3 Å². The minimum atomic E-state index is -3.26. The number of hydrogen-bond acceptors (Lipinski definition) is 4. The average molecular weight is 300 g/mol. The van der Waals surface area contributed by atoms with Crippen molar-refractivity contribution in [1.29, 1.82) is 0 Å². The van der Waals surface area contributed by atoms with Gasteiger partial charge in [0, 0.05) is 32.7 Å². The van der Waals surface area contributed by atoms with Crippen molar-refractivity contribution in [1.82, 2.24) is 9.21 Å². The quantitative estimate of drug-likeness (QED) is 0.799. The number of allylic oxidation sites excluding steroid dienone is 1. The molecule has 1 aromatic heterocycles. The lowest BCUT2D eigenvalue weighted by atomic mass is 10.3. The van der Waals surface area contributed by atoms with E-state index in [-0.39, 0.29) is 0 Å². The van der Waals surface area contributed by atoms with Crippen molar-refractivity contribution in [3.63, 3.8) is 0 Å². The summed E-state index contributed by atoms with van der Waals surface area (Å²) in [5.41, 5.74) is 1.30. The molecule has 1 saturated heterocycles. The maximum atomic E-state index is 12.3. The van der Waals surface area contributed by atoms with E-state index in [1.165, 1.54) is 16.9 Å². The molecule has 0 atom stereocenters.